The third-order valence-electron chi connectivity index (χ3n) is 2.54. The monoisotopic (exact) mass is 317 g/mol. The number of anilines is 1. The lowest BCUT2D eigenvalue weighted by molar-refractivity contribution is -0.384. The first-order valence-corrected chi connectivity index (χ1v) is 7.25. The Balaban J connectivity index is 2.97. The van der Waals surface area contributed by atoms with Crippen LogP contribution >= 0.6 is 0 Å². The van der Waals surface area contributed by atoms with Gasteiger partial charge in [-0.2, -0.15) is 0 Å². The van der Waals surface area contributed by atoms with Gasteiger partial charge in [0, 0.05) is 32.1 Å². The molecule has 0 aliphatic rings. The number of hydrogen-bond donors (Lipinski definition) is 4. The van der Waals surface area contributed by atoms with E-state index in [2.05, 4.69) is 15.5 Å². The van der Waals surface area contributed by atoms with Crippen LogP contribution in [0.2, 0.25) is 0 Å². The van der Waals surface area contributed by atoms with Gasteiger partial charge in [0.1, 0.15) is 4.90 Å². The minimum atomic E-state index is -3.94. The number of rotatable bonds is 7. The summed E-state index contributed by atoms with van der Waals surface area (Å²) in [4.78, 5) is 20.7. The molecule has 5 N–H and O–H groups in total. The quantitative estimate of drug-likeness (QED) is 0.294. The predicted molar refractivity (Wildman–Crippen MR) is 74.8 cm³/mol. The van der Waals surface area contributed by atoms with Gasteiger partial charge < -0.3 is 10.7 Å². The first-order chi connectivity index (χ1) is 9.81. The van der Waals surface area contributed by atoms with Crippen molar-refractivity contribution in [1.29, 1.82) is 0 Å². The van der Waals surface area contributed by atoms with Crippen LogP contribution in [0.3, 0.4) is 0 Å². The number of nitrogens with two attached hydrogens (primary N) is 1. The molecule has 0 saturated heterocycles. The SMILES string of the molecule is CNC(=O)CCNS(=O)(=O)c1ccc([N+](=O)[O-])cc1NN. The van der Waals surface area contributed by atoms with Crippen LogP contribution in [0.15, 0.2) is 23.1 Å². The number of carbonyl (C=O) groups is 1. The summed E-state index contributed by atoms with van der Waals surface area (Å²) < 4.78 is 26.3. The Labute approximate surface area is 120 Å². The zero-order valence-corrected chi connectivity index (χ0v) is 11.9. The maximum atomic E-state index is 12.1. The number of nitrogens with one attached hydrogen (secondary N) is 3. The zero-order valence-electron chi connectivity index (χ0n) is 11.1. The van der Waals surface area contributed by atoms with E-state index in [1.54, 1.807) is 0 Å². The Hall–Kier alpha value is -2.24. The average Bonchev–Trinajstić information content (AvgIpc) is 2.45. The van der Waals surface area contributed by atoms with Crippen LogP contribution in [0.1, 0.15) is 6.42 Å². The summed E-state index contributed by atoms with van der Waals surface area (Å²) in [5.41, 5.74) is 1.69. The number of hydrazine groups is 1. The molecule has 0 aromatic heterocycles. The summed E-state index contributed by atoms with van der Waals surface area (Å²) in [5, 5.41) is 13.0. The fraction of sp³-hybridized carbons (Fsp3) is 0.300. The number of nitrogens with zero attached hydrogens (tertiary/aromatic N) is 1. The molecule has 1 amide bonds. The zero-order chi connectivity index (χ0) is 16.0. The molecule has 11 heteroatoms. The Morgan fingerprint density at radius 1 is 1.43 bits per heavy atom. The Kier molecular flexibility index (Phi) is 5.58. The molecular weight excluding hydrogens is 302 g/mol. The van der Waals surface area contributed by atoms with Crippen LogP contribution in [-0.2, 0) is 14.8 Å². The van der Waals surface area contributed by atoms with Crippen molar-refractivity contribution in [3.63, 3.8) is 0 Å². The van der Waals surface area contributed by atoms with E-state index in [4.69, 9.17) is 5.84 Å². The number of amides is 1. The molecule has 0 spiro atoms. The summed E-state index contributed by atoms with van der Waals surface area (Å²) in [5.74, 6) is 4.87. The standard InChI is InChI=1S/C10H15N5O5S/c1-12-10(16)4-5-13-21(19,20)9-3-2-7(15(17)18)6-8(9)14-11/h2-3,6,13-14H,4-5,11H2,1H3,(H,12,16). The van der Waals surface area contributed by atoms with Crippen LogP contribution in [0.5, 0.6) is 0 Å². The highest BCUT2D eigenvalue weighted by atomic mass is 32.2. The molecule has 0 radical (unpaired) electrons. The first kappa shape index (κ1) is 16.8. The van der Waals surface area contributed by atoms with Crippen molar-refractivity contribution in [3.05, 3.63) is 28.3 Å². The van der Waals surface area contributed by atoms with E-state index in [9.17, 15) is 23.3 Å². The number of nitro groups is 1. The van der Waals surface area contributed by atoms with Gasteiger partial charge in [-0.1, -0.05) is 0 Å². The molecule has 1 rings (SSSR count). The molecular formula is C10H15N5O5S. The molecule has 0 aliphatic heterocycles. The second-order valence-electron chi connectivity index (χ2n) is 3.90. The Morgan fingerprint density at radius 3 is 2.62 bits per heavy atom. The third kappa shape index (κ3) is 4.37. The largest absolute Gasteiger partial charge is 0.359 e. The topological polar surface area (TPSA) is 156 Å². The van der Waals surface area contributed by atoms with E-state index >= 15 is 0 Å². The third-order valence-corrected chi connectivity index (χ3v) is 4.06. The van der Waals surface area contributed by atoms with Gasteiger partial charge in [0.25, 0.3) is 5.69 Å². The second kappa shape index (κ2) is 6.97. The van der Waals surface area contributed by atoms with Gasteiger partial charge in [-0.25, -0.2) is 13.1 Å². The summed E-state index contributed by atoms with van der Waals surface area (Å²) in [7, 11) is -2.51. The van der Waals surface area contributed by atoms with Gasteiger partial charge in [-0.3, -0.25) is 20.8 Å². The van der Waals surface area contributed by atoms with Gasteiger partial charge in [0.2, 0.25) is 15.9 Å². The smallest absolute Gasteiger partial charge is 0.271 e. The van der Waals surface area contributed by atoms with Crippen molar-refractivity contribution in [1.82, 2.24) is 10.0 Å². The average molecular weight is 317 g/mol. The number of hydrogen-bond acceptors (Lipinski definition) is 7. The van der Waals surface area contributed by atoms with E-state index in [1.807, 2.05) is 0 Å². The van der Waals surface area contributed by atoms with E-state index in [-0.39, 0.29) is 35.1 Å². The molecule has 0 saturated carbocycles. The van der Waals surface area contributed by atoms with E-state index in [0.717, 1.165) is 18.2 Å². The van der Waals surface area contributed by atoms with Crippen LogP contribution in [-0.4, -0.2) is 32.8 Å². The van der Waals surface area contributed by atoms with Gasteiger partial charge in [-0.15, -0.1) is 0 Å². The number of nitrogen functional groups attached to an aromatic ring is 1. The predicted octanol–water partition coefficient (Wildman–Crippen LogP) is -0.705. The molecule has 116 valence electrons. The second-order valence-corrected chi connectivity index (χ2v) is 5.64. The van der Waals surface area contributed by atoms with Crippen molar-refractivity contribution < 1.29 is 18.1 Å². The normalized spacial score (nSPS) is 11.0. The Morgan fingerprint density at radius 2 is 2.10 bits per heavy atom. The maximum Gasteiger partial charge on any atom is 0.271 e. The minimum Gasteiger partial charge on any atom is -0.359 e. The lowest BCUT2D eigenvalue weighted by atomic mass is 10.3. The number of non-ortho nitro benzene ring substituents is 1. The molecule has 0 atom stereocenters. The molecule has 21 heavy (non-hydrogen) atoms. The van der Waals surface area contributed by atoms with Crippen LogP contribution in [0.25, 0.3) is 0 Å². The number of carbonyl (C=O) groups excluding carboxylic acids is 1. The molecule has 0 aliphatic carbocycles. The van der Waals surface area contributed by atoms with Crippen LogP contribution < -0.4 is 21.3 Å². The number of sulfonamides is 1. The Bertz CT molecular complexity index is 645. The summed E-state index contributed by atoms with van der Waals surface area (Å²) >= 11 is 0. The highest BCUT2D eigenvalue weighted by Crippen LogP contribution is 2.25. The van der Waals surface area contributed by atoms with Crippen molar-refractivity contribution in [2.24, 2.45) is 5.84 Å². The number of nitro benzene ring substituents is 1. The molecule has 0 fully saturated rings. The molecule has 0 unspecified atom stereocenters. The van der Waals surface area contributed by atoms with E-state index in [0.29, 0.717) is 0 Å². The number of benzene rings is 1. The van der Waals surface area contributed by atoms with Crippen molar-refractivity contribution in [2.75, 3.05) is 19.0 Å². The summed E-state index contributed by atoms with van der Waals surface area (Å²) in [6.45, 7) is -0.108. The molecule has 1 aromatic carbocycles. The molecule has 0 heterocycles. The highest BCUT2D eigenvalue weighted by Gasteiger charge is 2.21. The summed E-state index contributed by atoms with van der Waals surface area (Å²) in [6, 6.07) is 3.12. The van der Waals surface area contributed by atoms with Crippen molar-refractivity contribution in [3.8, 4) is 0 Å². The molecule has 1 aromatic rings. The van der Waals surface area contributed by atoms with Gasteiger partial charge >= 0.3 is 0 Å². The van der Waals surface area contributed by atoms with Crippen LogP contribution in [0.4, 0.5) is 11.4 Å². The maximum absolute atomic E-state index is 12.1. The van der Waals surface area contributed by atoms with Gasteiger partial charge in [0.15, 0.2) is 0 Å². The fourth-order valence-corrected chi connectivity index (χ4v) is 2.66. The van der Waals surface area contributed by atoms with E-state index in [1.165, 1.54) is 7.05 Å². The lowest BCUT2D eigenvalue weighted by Crippen LogP contribution is -2.30. The molecule has 10 nitrogen and oxygen atoms in total. The molecule has 0 bridgehead atoms. The van der Waals surface area contributed by atoms with Crippen LogP contribution in [0, 0.1) is 10.1 Å². The minimum absolute atomic E-state index is 0.0336. The highest BCUT2D eigenvalue weighted by molar-refractivity contribution is 7.89. The fourth-order valence-electron chi connectivity index (χ4n) is 1.48. The van der Waals surface area contributed by atoms with Crippen molar-refractivity contribution >= 4 is 27.3 Å². The first-order valence-electron chi connectivity index (χ1n) is 5.77. The van der Waals surface area contributed by atoms with Crippen molar-refractivity contribution in [2.45, 2.75) is 11.3 Å². The van der Waals surface area contributed by atoms with E-state index < -0.39 is 14.9 Å². The van der Waals surface area contributed by atoms with Gasteiger partial charge in [0.05, 0.1) is 10.6 Å². The summed E-state index contributed by atoms with van der Waals surface area (Å²) in [6.07, 6.45) is -0.0336. The van der Waals surface area contributed by atoms with Gasteiger partial charge in [-0.05, 0) is 6.07 Å². The lowest BCUT2D eigenvalue weighted by Gasteiger charge is -2.10.